The van der Waals surface area contributed by atoms with Gasteiger partial charge in [-0.1, -0.05) is 37.3 Å². The molecule has 0 amide bonds. The Morgan fingerprint density at radius 2 is 2.10 bits per heavy atom. The number of hydrogen-bond acceptors (Lipinski definition) is 2. The van der Waals surface area contributed by atoms with E-state index >= 15 is 0 Å². The zero-order valence-corrected chi connectivity index (χ0v) is 12.8. The molecule has 2 fully saturated rings. The third-order valence-electron chi connectivity index (χ3n) is 5.38. The molecular weight excluding hydrogens is 246 g/mol. The summed E-state index contributed by atoms with van der Waals surface area (Å²) in [5.41, 5.74) is 1.88. The highest BCUT2D eigenvalue weighted by atomic mass is 16.5. The van der Waals surface area contributed by atoms with E-state index in [9.17, 15) is 0 Å². The van der Waals surface area contributed by atoms with E-state index in [1.54, 1.807) is 0 Å². The molecule has 1 heterocycles. The van der Waals surface area contributed by atoms with Crippen LogP contribution in [0.25, 0.3) is 0 Å². The molecule has 4 atom stereocenters. The third-order valence-corrected chi connectivity index (χ3v) is 5.38. The van der Waals surface area contributed by atoms with Gasteiger partial charge < -0.3 is 10.1 Å². The zero-order chi connectivity index (χ0) is 14.0. The lowest BCUT2D eigenvalue weighted by atomic mass is 9.75. The van der Waals surface area contributed by atoms with Crippen molar-refractivity contribution in [3.8, 4) is 0 Å². The molecule has 1 aromatic rings. The standard InChI is InChI=1S/C18H27NO/c1-3-10-19-13-18(9-11-20-14(18)2)17-12-16(17)15-7-5-4-6-8-15/h4-8,14,16-17,19H,3,9-13H2,1-2H3. The quantitative estimate of drug-likeness (QED) is 0.800. The molecule has 3 rings (SSSR count). The second-order valence-electron chi connectivity index (χ2n) is 6.53. The molecule has 4 unspecified atom stereocenters. The first-order chi connectivity index (χ1) is 9.78. The molecule has 0 radical (unpaired) electrons. The van der Waals surface area contributed by atoms with Gasteiger partial charge in [0, 0.05) is 18.6 Å². The van der Waals surface area contributed by atoms with Crippen LogP contribution >= 0.6 is 0 Å². The molecule has 1 aliphatic carbocycles. The molecule has 110 valence electrons. The summed E-state index contributed by atoms with van der Waals surface area (Å²) in [4.78, 5) is 0. The maximum Gasteiger partial charge on any atom is 0.0619 e. The Hall–Kier alpha value is -0.860. The topological polar surface area (TPSA) is 21.3 Å². The van der Waals surface area contributed by atoms with Crippen LogP contribution in [0.15, 0.2) is 30.3 Å². The monoisotopic (exact) mass is 273 g/mol. The average Bonchev–Trinajstić information content (AvgIpc) is 3.20. The smallest absolute Gasteiger partial charge is 0.0619 e. The molecule has 1 aliphatic heterocycles. The Morgan fingerprint density at radius 1 is 1.30 bits per heavy atom. The number of rotatable bonds is 6. The van der Waals surface area contributed by atoms with Gasteiger partial charge in [0.2, 0.25) is 0 Å². The second-order valence-corrected chi connectivity index (χ2v) is 6.53. The molecule has 20 heavy (non-hydrogen) atoms. The summed E-state index contributed by atoms with van der Waals surface area (Å²) in [5.74, 6) is 1.55. The lowest BCUT2D eigenvalue weighted by Crippen LogP contribution is -2.42. The van der Waals surface area contributed by atoms with Crippen molar-refractivity contribution in [1.29, 1.82) is 0 Å². The first kappa shape index (κ1) is 14.1. The molecule has 2 heteroatoms. The molecule has 1 N–H and O–H groups in total. The molecule has 0 spiro atoms. The van der Waals surface area contributed by atoms with Gasteiger partial charge in [-0.3, -0.25) is 0 Å². The van der Waals surface area contributed by atoms with E-state index in [1.165, 1.54) is 24.8 Å². The van der Waals surface area contributed by atoms with Crippen molar-refractivity contribution in [2.45, 2.75) is 45.1 Å². The highest BCUT2D eigenvalue weighted by Crippen LogP contribution is 2.61. The Morgan fingerprint density at radius 3 is 2.75 bits per heavy atom. The lowest BCUT2D eigenvalue weighted by molar-refractivity contribution is 0.0501. The predicted molar refractivity (Wildman–Crippen MR) is 82.9 cm³/mol. The molecular formula is C18H27NO. The first-order valence-corrected chi connectivity index (χ1v) is 8.15. The largest absolute Gasteiger partial charge is 0.378 e. The van der Waals surface area contributed by atoms with E-state index in [-0.39, 0.29) is 0 Å². The van der Waals surface area contributed by atoms with Gasteiger partial charge in [-0.25, -0.2) is 0 Å². The fourth-order valence-corrected chi connectivity index (χ4v) is 4.04. The normalized spacial score (nSPS) is 36.2. The van der Waals surface area contributed by atoms with Gasteiger partial charge in [-0.2, -0.15) is 0 Å². The van der Waals surface area contributed by atoms with Gasteiger partial charge >= 0.3 is 0 Å². The maximum absolute atomic E-state index is 5.94. The van der Waals surface area contributed by atoms with Crippen LogP contribution in [0.2, 0.25) is 0 Å². The molecule has 2 aliphatic rings. The molecule has 0 bridgehead atoms. The summed E-state index contributed by atoms with van der Waals surface area (Å²) < 4.78 is 5.94. The summed E-state index contributed by atoms with van der Waals surface area (Å²) >= 11 is 0. The van der Waals surface area contributed by atoms with E-state index in [4.69, 9.17) is 4.74 Å². The Kier molecular flexibility index (Phi) is 4.13. The van der Waals surface area contributed by atoms with Crippen LogP contribution in [0.5, 0.6) is 0 Å². The van der Waals surface area contributed by atoms with Crippen molar-refractivity contribution >= 4 is 0 Å². The second kappa shape index (κ2) is 5.87. The molecule has 1 saturated heterocycles. The van der Waals surface area contributed by atoms with Gasteiger partial charge in [0.15, 0.2) is 0 Å². The molecule has 0 aromatic heterocycles. The van der Waals surface area contributed by atoms with Crippen molar-refractivity contribution in [2.75, 3.05) is 19.7 Å². The average molecular weight is 273 g/mol. The number of hydrogen-bond donors (Lipinski definition) is 1. The summed E-state index contributed by atoms with van der Waals surface area (Å²) in [6.45, 7) is 7.69. The first-order valence-electron chi connectivity index (χ1n) is 8.15. The van der Waals surface area contributed by atoms with Crippen molar-refractivity contribution in [1.82, 2.24) is 5.32 Å². The number of ether oxygens (including phenoxy) is 1. The highest BCUT2D eigenvalue weighted by molar-refractivity contribution is 5.28. The van der Waals surface area contributed by atoms with Crippen LogP contribution in [0.1, 0.15) is 44.6 Å². The predicted octanol–water partition coefficient (Wildman–Crippen LogP) is 3.58. The maximum atomic E-state index is 5.94. The van der Waals surface area contributed by atoms with Gasteiger partial charge in [0.05, 0.1) is 6.10 Å². The minimum Gasteiger partial charge on any atom is -0.378 e. The number of nitrogens with one attached hydrogen (secondary N) is 1. The Balaban J connectivity index is 1.72. The molecule has 1 aromatic carbocycles. The third kappa shape index (κ3) is 2.51. The van der Waals surface area contributed by atoms with Crippen molar-refractivity contribution < 1.29 is 4.74 Å². The van der Waals surface area contributed by atoms with E-state index < -0.39 is 0 Å². The summed E-state index contributed by atoms with van der Waals surface area (Å²) in [5, 5.41) is 3.66. The van der Waals surface area contributed by atoms with Gasteiger partial charge in [0.25, 0.3) is 0 Å². The summed E-state index contributed by atoms with van der Waals surface area (Å²) in [6, 6.07) is 11.0. The zero-order valence-electron chi connectivity index (χ0n) is 12.8. The molecule has 1 saturated carbocycles. The fourth-order valence-electron chi connectivity index (χ4n) is 4.04. The van der Waals surface area contributed by atoms with Crippen LogP contribution < -0.4 is 5.32 Å². The minimum absolute atomic E-state index is 0.357. The van der Waals surface area contributed by atoms with E-state index in [0.717, 1.165) is 31.5 Å². The minimum atomic E-state index is 0.357. The lowest BCUT2D eigenvalue weighted by Gasteiger charge is -2.33. The van der Waals surface area contributed by atoms with Gasteiger partial charge in [-0.15, -0.1) is 0 Å². The van der Waals surface area contributed by atoms with Crippen LogP contribution in [0, 0.1) is 11.3 Å². The van der Waals surface area contributed by atoms with Crippen LogP contribution in [0.3, 0.4) is 0 Å². The van der Waals surface area contributed by atoms with E-state index in [0.29, 0.717) is 11.5 Å². The van der Waals surface area contributed by atoms with Crippen LogP contribution in [-0.4, -0.2) is 25.8 Å². The molecule has 2 nitrogen and oxygen atoms in total. The number of benzene rings is 1. The van der Waals surface area contributed by atoms with Crippen LogP contribution in [0.4, 0.5) is 0 Å². The Bertz CT molecular complexity index is 432. The fraction of sp³-hybridized carbons (Fsp3) is 0.667. The highest BCUT2D eigenvalue weighted by Gasteiger charge is 2.57. The Labute approximate surface area is 122 Å². The van der Waals surface area contributed by atoms with Crippen molar-refractivity contribution in [3.05, 3.63) is 35.9 Å². The van der Waals surface area contributed by atoms with Crippen molar-refractivity contribution in [2.24, 2.45) is 11.3 Å². The summed E-state index contributed by atoms with van der Waals surface area (Å²) in [6.07, 6.45) is 4.16. The van der Waals surface area contributed by atoms with Gasteiger partial charge in [0.1, 0.15) is 0 Å². The van der Waals surface area contributed by atoms with E-state index in [2.05, 4.69) is 49.5 Å². The van der Waals surface area contributed by atoms with Crippen molar-refractivity contribution in [3.63, 3.8) is 0 Å². The summed E-state index contributed by atoms with van der Waals surface area (Å²) in [7, 11) is 0. The van der Waals surface area contributed by atoms with Gasteiger partial charge in [-0.05, 0) is 50.1 Å². The van der Waals surface area contributed by atoms with E-state index in [1.807, 2.05) is 0 Å². The van der Waals surface area contributed by atoms with Crippen LogP contribution in [-0.2, 0) is 4.74 Å². The SMILES string of the molecule is CCCNCC1(C2CC2c2ccccc2)CCOC1C.